The molecule has 0 fully saturated rings. The molecule has 0 nitrogen and oxygen atoms in total. The van der Waals surface area contributed by atoms with Crippen molar-refractivity contribution < 1.29 is 39.4 Å². The van der Waals surface area contributed by atoms with Gasteiger partial charge in [0.1, 0.15) is 0 Å². The molecule has 0 aromatic rings. The van der Waals surface area contributed by atoms with Gasteiger partial charge in [-0.05, 0) is 7.92 Å². The Bertz CT molecular complexity index is 15.5. The second-order valence-corrected chi connectivity index (χ2v) is 4.50. The predicted octanol–water partition coefficient (Wildman–Crippen LogP) is -1.91. The van der Waals surface area contributed by atoms with Crippen molar-refractivity contribution in [3.05, 3.63) is 0 Å². The van der Waals surface area contributed by atoms with E-state index in [2.05, 4.69) is 20.0 Å². The van der Waals surface area contributed by atoms with Gasteiger partial charge in [-0.2, -0.15) is 0 Å². The zero-order valence-electron chi connectivity index (χ0n) is 4.18. The maximum absolute atomic E-state index is 2.27. The van der Waals surface area contributed by atoms with Gasteiger partial charge in [0.05, 0.1) is 0 Å². The van der Waals surface area contributed by atoms with Gasteiger partial charge in [0.2, 0.25) is 0 Å². The molecule has 0 aliphatic carbocycles. The van der Waals surface area contributed by atoms with Gasteiger partial charge in [-0.3, -0.25) is 0 Å². The van der Waals surface area contributed by atoms with Crippen LogP contribution in [0.15, 0.2) is 0 Å². The summed E-state index contributed by atoms with van der Waals surface area (Å²) >= 11 is 0. The topological polar surface area (TPSA) is 0 Å². The van der Waals surface area contributed by atoms with Crippen molar-refractivity contribution in [2.24, 2.45) is 0 Å². The van der Waals surface area contributed by atoms with Gasteiger partial charge in [0, 0.05) is 20.0 Å². The van der Waals surface area contributed by atoms with Gasteiger partial charge in [0.25, 0.3) is 0 Å². The van der Waals surface area contributed by atoms with Gasteiger partial charge in [-0.25, -0.2) is 0 Å². The van der Waals surface area contributed by atoms with Crippen LogP contribution >= 0.6 is 7.92 Å². The summed E-state index contributed by atoms with van der Waals surface area (Å²) in [6.45, 7) is 6.81. The zero-order valence-corrected chi connectivity index (χ0v) is 8.93. The molecule has 0 atom stereocenters. The first-order valence-corrected chi connectivity index (χ1v) is 4.50. The van der Waals surface area contributed by atoms with E-state index in [1.54, 1.807) is 0 Å². The molecule has 3 heteroatoms. The van der Waals surface area contributed by atoms with Gasteiger partial charge in [-0.15, -0.1) is 0 Å². The van der Waals surface area contributed by atoms with Gasteiger partial charge in [0.15, 0.2) is 0 Å². The molecule has 0 aliphatic heterocycles. The van der Waals surface area contributed by atoms with E-state index < -0.39 is 0 Å². The van der Waals surface area contributed by atoms with Crippen LogP contribution in [0.4, 0.5) is 0 Å². The van der Waals surface area contributed by atoms with Crippen LogP contribution in [0.5, 0.6) is 0 Å². The standard InChI is InChI=1S/C3H9P.Au.BrH/c1-4(2)3;;/h1-3H3;;1H/q;+1;. The third kappa shape index (κ3) is 44.9. The molecular weight excluding hydrogens is 344 g/mol. The molecule has 0 rings (SSSR count). The number of hydrogen-bond acceptors (Lipinski definition) is 0. The van der Waals surface area contributed by atoms with Gasteiger partial charge in [-0.1, -0.05) is 0 Å². The zero-order chi connectivity index (χ0) is 3.58. The quantitative estimate of drug-likeness (QED) is 0.352. The Labute approximate surface area is 67.1 Å². The average molecular weight is 354 g/mol. The summed E-state index contributed by atoms with van der Waals surface area (Å²) < 4.78 is 0. The summed E-state index contributed by atoms with van der Waals surface area (Å²) in [5.74, 6) is 0. The summed E-state index contributed by atoms with van der Waals surface area (Å²) in [5.41, 5.74) is 0. The molecule has 0 aromatic carbocycles. The maximum Gasteiger partial charge on any atom is 1.00 e. The Morgan fingerprint density at radius 2 is 1.00 bits per heavy atom. The molecule has 0 aliphatic rings. The molecule has 6 heavy (non-hydrogen) atoms. The maximum atomic E-state index is 2.27. The molecule has 44 valence electrons. The van der Waals surface area contributed by atoms with Gasteiger partial charge >= 0.3 is 22.4 Å². The molecule has 0 bridgehead atoms. The third-order valence-electron chi connectivity index (χ3n) is 0. The molecule has 0 aromatic heterocycles. The van der Waals surface area contributed by atoms with Crippen LogP contribution in [0.1, 0.15) is 0 Å². The van der Waals surface area contributed by atoms with E-state index in [0.717, 1.165) is 0 Å². The molecule has 0 heterocycles. The molecule has 0 spiro atoms. The summed E-state index contributed by atoms with van der Waals surface area (Å²) in [7, 11) is 0.120. The Morgan fingerprint density at radius 1 is 1.00 bits per heavy atom. The molecule has 0 saturated carbocycles. The normalized spacial score (nSPS) is 6.00. The third-order valence-corrected chi connectivity index (χ3v) is 0. The fraction of sp³-hybridized carbons (Fsp3) is 1.00. The smallest absolute Gasteiger partial charge is 1.00 e. The summed E-state index contributed by atoms with van der Waals surface area (Å²) in [6.07, 6.45) is 0. The first kappa shape index (κ1) is 15.6. The molecule has 0 unspecified atom stereocenters. The van der Waals surface area contributed by atoms with Crippen LogP contribution < -0.4 is 17.0 Å². The second-order valence-electron chi connectivity index (χ2n) is 1.50. The minimum atomic E-state index is 0. The van der Waals surface area contributed by atoms with Crippen molar-refractivity contribution in [1.82, 2.24) is 0 Å². The van der Waals surface area contributed by atoms with Crippen LogP contribution in [0.2, 0.25) is 0 Å². The molecule has 0 radical (unpaired) electrons. The van der Waals surface area contributed by atoms with Crippen LogP contribution in [0.25, 0.3) is 0 Å². The Kier molecular flexibility index (Phi) is 25.6. The van der Waals surface area contributed by atoms with Crippen molar-refractivity contribution in [3.8, 4) is 0 Å². The molecule has 0 saturated heterocycles. The summed E-state index contributed by atoms with van der Waals surface area (Å²) in [5, 5.41) is 0. The fourth-order valence-electron chi connectivity index (χ4n) is 0. The largest absolute Gasteiger partial charge is 1.00 e. The number of halogens is 1. The van der Waals surface area contributed by atoms with Crippen LogP contribution in [0, 0.1) is 0 Å². The summed E-state index contributed by atoms with van der Waals surface area (Å²) in [4.78, 5) is 0. The van der Waals surface area contributed by atoms with Crippen LogP contribution in [-0.4, -0.2) is 20.0 Å². The minimum Gasteiger partial charge on any atom is -1.00 e. The molecular formula is C3H10AuBrP+. The van der Waals surface area contributed by atoms with E-state index in [-0.39, 0.29) is 47.3 Å². The number of rotatable bonds is 0. The van der Waals surface area contributed by atoms with Crippen molar-refractivity contribution in [2.75, 3.05) is 20.0 Å². The minimum absolute atomic E-state index is 0. The average Bonchev–Trinajstić information content (AvgIpc) is 0.811. The molecule has 0 N–H and O–H groups in total. The molecule has 0 amide bonds. The van der Waals surface area contributed by atoms with Gasteiger partial charge < -0.3 is 17.0 Å². The fourth-order valence-corrected chi connectivity index (χ4v) is 0. The van der Waals surface area contributed by atoms with Crippen LogP contribution in [-0.2, 0) is 22.4 Å². The van der Waals surface area contributed by atoms with E-state index in [9.17, 15) is 0 Å². The van der Waals surface area contributed by atoms with Crippen molar-refractivity contribution in [3.63, 3.8) is 0 Å². The SMILES string of the molecule is C[PH+](C)C.[Au+].[Br-]. The second kappa shape index (κ2) is 9.82. The summed E-state index contributed by atoms with van der Waals surface area (Å²) in [6, 6.07) is 0. The van der Waals surface area contributed by atoms with E-state index in [1.807, 2.05) is 0 Å². The van der Waals surface area contributed by atoms with E-state index in [0.29, 0.717) is 0 Å². The Morgan fingerprint density at radius 3 is 1.00 bits per heavy atom. The van der Waals surface area contributed by atoms with E-state index in [4.69, 9.17) is 0 Å². The first-order chi connectivity index (χ1) is 1.73. The predicted molar refractivity (Wildman–Crippen MR) is 26.1 cm³/mol. The monoisotopic (exact) mass is 353 g/mol. The Hall–Kier alpha value is 1.65. The van der Waals surface area contributed by atoms with Crippen LogP contribution in [0.3, 0.4) is 0 Å². The van der Waals surface area contributed by atoms with E-state index >= 15 is 0 Å². The van der Waals surface area contributed by atoms with Crippen molar-refractivity contribution in [1.29, 1.82) is 0 Å². The van der Waals surface area contributed by atoms with E-state index in [1.165, 1.54) is 0 Å². The first-order valence-electron chi connectivity index (χ1n) is 1.50. The van der Waals surface area contributed by atoms with Crippen molar-refractivity contribution >= 4 is 7.92 Å². The number of hydrogen-bond donors (Lipinski definition) is 0. The van der Waals surface area contributed by atoms with Crippen molar-refractivity contribution in [2.45, 2.75) is 0 Å². The Balaban J connectivity index is -0.0000000450.